The molecule has 1 aromatic carbocycles. The van der Waals surface area contributed by atoms with Gasteiger partial charge in [-0.25, -0.2) is 9.37 Å². The van der Waals surface area contributed by atoms with Crippen LogP contribution >= 0.6 is 23.4 Å². The number of rotatable bonds is 3. The Morgan fingerprint density at radius 3 is 2.89 bits per heavy atom. The van der Waals surface area contributed by atoms with E-state index in [1.807, 2.05) is 0 Å². The minimum Gasteiger partial charge on any atom is -0.495 e. The zero-order valence-electron chi connectivity index (χ0n) is 9.48. The van der Waals surface area contributed by atoms with E-state index in [1.165, 1.54) is 19.2 Å². The third kappa shape index (κ3) is 2.68. The second kappa shape index (κ2) is 5.46. The molecule has 0 unspecified atom stereocenters. The number of hydrogen-bond acceptors (Lipinski definition) is 4. The van der Waals surface area contributed by atoms with E-state index in [1.54, 1.807) is 18.3 Å². The van der Waals surface area contributed by atoms with E-state index < -0.39 is 5.82 Å². The number of nitrogens with zero attached hydrogens (tertiary/aromatic N) is 1. The number of aromatic nitrogens is 1. The lowest BCUT2D eigenvalue weighted by atomic mass is 10.3. The first kappa shape index (κ1) is 13.0. The van der Waals surface area contributed by atoms with Crippen molar-refractivity contribution in [2.75, 3.05) is 12.8 Å². The summed E-state index contributed by atoms with van der Waals surface area (Å²) in [5, 5.41) is 1.00. The highest BCUT2D eigenvalue weighted by Gasteiger charge is 2.12. The normalized spacial score (nSPS) is 10.4. The maximum absolute atomic E-state index is 13.8. The molecule has 0 aliphatic heterocycles. The van der Waals surface area contributed by atoms with Gasteiger partial charge in [-0.15, -0.1) is 0 Å². The van der Waals surface area contributed by atoms with Crippen molar-refractivity contribution >= 4 is 29.1 Å². The molecule has 94 valence electrons. The lowest BCUT2D eigenvalue weighted by Gasteiger charge is -2.09. The van der Waals surface area contributed by atoms with Gasteiger partial charge < -0.3 is 10.5 Å². The van der Waals surface area contributed by atoms with Crippen molar-refractivity contribution in [1.82, 2.24) is 4.98 Å². The number of anilines is 1. The first-order valence-electron chi connectivity index (χ1n) is 5.03. The lowest BCUT2D eigenvalue weighted by molar-refractivity contribution is 0.414. The van der Waals surface area contributed by atoms with E-state index in [0.29, 0.717) is 20.7 Å². The second-order valence-corrected chi connectivity index (χ2v) is 4.85. The molecule has 18 heavy (non-hydrogen) atoms. The number of halogens is 2. The number of pyridine rings is 1. The molecule has 2 N–H and O–H groups in total. The highest BCUT2D eigenvalue weighted by molar-refractivity contribution is 7.99. The third-order valence-electron chi connectivity index (χ3n) is 2.22. The van der Waals surface area contributed by atoms with Gasteiger partial charge in [-0.3, -0.25) is 0 Å². The van der Waals surface area contributed by atoms with Crippen LogP contribution in [0.2, 0.25) is 5.02 Å². The zero-order chi connectivity index (χ0) is 13.1. The molecule has 3 nitrogen and oxygen atoms in total. The van der Waals surface area contributed by atoms with Gasteiger partial charge in [-0.05, 0) is 18.2 Å². The molecule has 0 aliphatic carbocycles. The van der Waals surface area contributed by atoms with Crippen LogP contribution in [0.3, 0.4) is 0 Å². The molecule has 1 aromatic heterocycles. The van der Waals surface area contributed by atoms with Crippen LogP contribution in [0.5, 0.6) is 5.75 Å². The van der Waals surface area contributed by atoms with Gasteiger partial charge in [-0.2, -0.15) is 0 Å². The number of nitrogens with two attached hydrogens (primary N) is 1. The number of benzene rings is 1. The Hall–Kier alpha value is -1.46. The van der Waals surface area contributed by atoms with Crippen molar-refractivity contribution in [2.45, 2.75) is 9.92 Å². The van der Waals surface area contributed by atoms with E-state index in [0.717, 1.165) is 11.8 Å². The minimum atomic E-state index is -0.431. The smallest absolute Gasteiger partial charge is 0.143 e. The number of methoxy groups -OCH3 is 1. The highest BCUT2D eigenvalue weighted by Crippen LogP contribution is 2.36. The second-order valence-electron chi connectivity index (χ2n) is 3.42. The molecule has 6 heteroatoms. The Labute approximate surface area is 113 Å². The van der Waals surface area contributed by atoms with Crippen LogP contribution in [0.15, 0.2) is 40.4 Å². The highest BCUT2D eigenvalue weighted by atomic mass is 35.5. The fourth-order valence-electron chi connectivity index (χ4n) is 1.36. The SMILES string of the molecule is COc1cc(Sc2ncccc2Cl)c(F)cc1N. The maximum Gasteiger partial charge on any atom is 0.143 e. The Morgan fingerprint density at radius 1 is 1.44 bits per heavy atom. The summed E-state index contributed by atoms with van der Waals surface area (Å²) in [6.45, 7) is 0. The van der Waals surface area contributed by atoms with Gasteiger partial charge in [0.15, 0.2) is 0 Å². The fraction of sp³-hybridized carbons (Fsp3) is 0.0833. The summed E-state index contributed by atoms with van der Waals surface area (Å²) in [5.74, 6) is -0.00836. The van der Waals surface area contributed by atoms with E-state index in [9.17, 15) is 4.39 Å². The van der Waals surface area contributed by atoms with Gasteiger partial charge in [0.05, 0.1) is 22.7 Å². The average Bonchev–Trinajstić information content (AvgIpc) is 2.35. The molecule has 0 spiro atoms. The number of hydrogen-bond donors (Lipinski definition) is 1. The van der Waals surface area contributed by atoms with Crippen LogP contribution in [0, 0.1) is 5.82 Å². The molecule has 0 fully saturated rings. The van der Waals surface area contributed by atoms with E-state index in [4.69, 9.17) is 22.1 Å². The van der Waals surface area contributed by atoms with Crippen LogP contribution < -0.4 is 10.5 Å². The summed E-state index contributed by atoms with van der Waals surface area (Å²) in [7, 11) is 1.48. The summed E-state index contributed by atoms with van der Waals surface area (Å²) in [6, 6.07) is 6.16. The Morgan fingerprint density at radius 2 is 2.22 bits per heavy atom. The number of ether oxygens (including phenoxy) is 1. The molecule has 0 atom stereocenters. The molecule has 2 rings (SSSR count). The lowest BCUT2D eigenvalue weighted by Crippen LogP contribution is -1.95. The quantitative estimate of drug-likeness (QED) is 0.875. The van der Waals surface area contributed by atoms with Crippen molar-refractivity contribution < 1.29 is 9.13 Å². The molecule has 0 saturated carbocycles. The fourth-order valence-corrected chi connectivity index (χ4v) is 2.40. The molecule has 0 radical (unpaired) electrons. The first-order valence-corrected chi connectivity index (χ1v) is 6.22. The molecule has 0 aliphatic rings. The predicted molar refractivity (Wildman–Crippen MR) is 70.7 cm³/mol. The monoisotopic (exact) mass is 284 g/mol. The van der Waals surface area contributed by atoms with Gasteiger partial charge >= 0.3 is 0 Å². The zero-order valence-corrected chi connectivity index (χ0v) is 11.1. The van der Waals surface area contributed by atoms with Crippen molar-refractivity contribution in [3.05, 3.63) is 41.3 Å². The summed E-state index contributed by atoms with van der Waals surface area (Å²) in [6.07, 6.45) is 1.60. The van der Waals surface area contributed by atoms with Gasteiger partial charge in [0.25, 0.3) is 0 Å². The Kier molecular flexibility index (Phi) is 3.93. The Bertz CT molecular complexity index is 580. The topological polar surface area (TPSA) is 48.1 Å². The molecule has 0 bridgehead atoms. The Balaban J connectivity index is 2.38. The van der Waals surface area contributed by atoms with Gasteiger partial charge in [0, 0.05) is 12.3 Å². The number of nitrogen functional groups attached to an aromatic ring is 1. The van der Waals surface area contributed by atoms with Crippen LogP contribution in [-0.4, -0.2) is 12.1 Å². The van der Waals surface area contributed by atoms with Gasteiger partial charge in [0.2, 0.25) is 0 Å². The third-order valence-corrected chi connectivity index (χ3v) is 3.68. The van der Waals surface area contributed by atoms with Crippen LogP contribution in [0.25, 0.3) is 0 Å². The van der Waals surface area contributed by atoms with Gasteiger partial charge in [0.1, 0.15) is 16.6 Å². The summed E-state index contributed by atoms with van der Waals surface area (Å²) >= 11 is 7.10. The first-order chi connectivity index (χ1) is 8.61. The van der Waals surface area contributed by atoms with Crippen molar-refractivity contribution in [3.8, 4) is 5.75 Å². The van der Waals surface area contributed by atoms with Gasteiger partial charge in [-0.1, -0.05) is 23.4 Å². The summed E-state index contributed by atoms with van der Waals surface area (Å²) < 4.78 is 18.8. The van der Waals surface area contributed by atoms with Crippen molar-refractivity contribution in [2.24, 2.45) is 0 Å². The molecule has 0 saturated heterocycles. The summed E-state index contributed by atoms with van der Waals surface area (Å²) in [5.41, 5.74) is 5.86. The van der Waals surface area contributed by atoms with Crippen molar-refractivity contribution in [1.29, 1.82) is 0 Å². The summed E-state index contributed by atoms with van der Waals surface area (Å²) in [4.78, 5) is 4.45. The molecule has 0 amide bonds. The van der Waals surface area contributed by atoms with Crippen LogP contribution in [-0.2, 0) is 0 Å². The van der Waals surface area contributed by atoms with Crippen LogP contribution in [0.4, 0.5) is 10.1 Å². The predicted octanol–water partition coefficient (Wildman–Crippen LogP) is 3.62. The molecular weight excluding hydrogens is 275 g/mol. The van der Waals surface area contributed by atoms with E-state index in [2.05, 4.69) is 4.98 Å². The van der Waals surface area contributed by atoms with E-state index in [-0.39, 0.29) is 5.69 Å². The maximum atomic E-state index is 13.8. The average molecular weight is 285 g/mol. The standard InChI is InChI=1S/C12H10ClFN2OS/c1-17-10-6-11(8(14)5-9(10)15)18-12-7(13)3-2-4-16-12/h2-6H,15H2,1H3. The molecule has 2 aromatic rings. The minimum absolute atomic E-state index is 0.256. The largest absolute Gasteiger partial charge is 0.495 e. The molecular formula is C12H10ClFN2OS. The van der Waals surface area contributed by atoms with E-state index >= 15 is 0 Å². The molecule has 1 heterocycles. The van der Waals surface area contributed by atoms with Crippen LogP contribution in [0.1, 0.15) is 0 Å². The van der Waals surface area contributed by atoms with Crippen molar-refractivity contribution in [3.63, 3.8) is 0 Å².